The van der Waals surface area contributed by atoms with E-state index in [1.807, 2.05) is 19.1 Å². The van der Waals surface area contributed by atoms with Gasteiger partial charge in [0.05, 0.1) is 24.8 Å². The van der Waals surface area contributed by atoms with Gasteiger partial charge in [0.25, 0.3) is 5.91 Å². The number of anilines is 2. The topological polar surface area (TPSA) is 70.2 Å². The van der Waals surface area contributed by atoms with Crippen LogP contribution in [0.5, 0.6) is 5.75 Å². The second-order valence-corrected chi connectivity index (χ2v) is 9.12. The number of amides is 2. The molecule has 0 aromatic heterocycles. The summed E-state index contributed by atoms with van der Waals surface area (Å²) >= 11 is 0. The van der Waals surface area contributed by atoms with Crippen molar-refractivity contribution in [2.24, 2.45) is 0 Å². The maximum Gasteiger partial charge on any atom is 0.251 e. The molecule has 2 aliphatic heterocycles. The van der Waals surface area contributed by atoms with Crippen molar-refractivity contribution in [3.8, 4) is 5.75 Å². The van der Waals surface area contributed by atoms with Gasteiger partial charge in [-0.3, -0.25) is 19.3 Å². The van der Waals surface area contributed by atoms with E-state index < -0.39 is 6.04 Å². The lowest BCUT2D eigenvalue weighted by atomic mass is 10.0. The van der Waals surface area contributed by atoms with Gasteiger partial charge in [0.15, 0.2) is 5.78 Å². The van der Waals surface area contributed by atoms with Crippen LogP contribution in [0, 0.1) is 5.82 Å². The Morgan fingerprint density at radius 3 is 2.00 bits per heavy atom. The molecule has 0 bridgehead atoms. The van der Waals surface area contributed by atoms with Crippen LogP contribution in [0.1, 0.15) is 29.3 Å². The molecule has 2 fully saturated rings. The lowest BCUT2D eigenvalue weighted by Gasteiger charge is -2.38. The van der Waals surface area contributed by atoms with E-state index in [4.69, 9.17) is 4.74 Å². The molecule has 0 radical (unpaired) electrons. The summed E-state index contributed by atoms with van der Waals surface area (Å²) in [7, 11) is 0. The number of hydrogen-bond donors (Lipinski definition) is 0. The molecule has 2 heterocycles. The van der Waals surface area contributed by atoms with E-state index in [2.05, 4.69) is 9.80 Å². The van der Waals surface area contributed by atoms with Gasteiger partial charge < -0.3 is 9.64 Å². The van der Waals surface area contributed by atoms with Gasteiger partial charge in [-0.1, -0.05) is 0 Å². The first-order valence-electron chi connectivity index (χ1n) is 12.4. The predicted molar refractivity (Wildman–Crippen MR) is 139 cm³/mol. The zero-order valence-electron chi connectivity index (χ0n) is 20.6. The lowest BCUT2D eigenvalue weighted by Crippen LogP contribution is -2.52. The smallest absolute Gasteiger partial charge is 0.251 e. The van der Waals surface area contributed by atoms with Gasteiger partial charge in [-0.15, -0.1) is 0 Å². The highest BCUT2D eigenvalue weighted by atomic mass is 19.1. The monoisotopic (exact) mass is 501 g/mol. The Morgan fingerprint density at radius 2 is 1.41 bits per heavy atom. The molecule has 2 saturated heterocycles. The number of rotatable bonds is 7. The first kappa shape index (κ1) is 24.6. The number of benzene rings is 3. The van der Waals surface area contributed by atoms with E-state index in [-0.39, 0.29) is 29.8 Å². The molecule has 3 aromatic carbocycles. The molecule has 2 amide bonds. The van der Waals surface area contributed by atoms with Crippen LogP contribution in [0.25, 0.3) is 0 Å². The summed E-state index contributed by atoms with van der Waals surface area (Å²) < 4.78 is 18.6. The van der Waals surface area contributed by atoms with E-state index in [1.165, 1.54) is 29.2 Å². The largest absolute Gasteiger partial charge is 0.494 e. The minimum Gasteiger partial charge on any atom is -0.494 e. The highest BCUT2D eigenvalue weighted by molar-refractivity contribution is 6.22. The van der Waals surface area contributed by atoms with Crippen LogP contribution in [0.4, 0.5) is 15.8 Å². The Kier molecular flexibility index (Phi) is 7.01. The van der Waals surface area contributed by atoms with Crippen LogP contribution < -0.4 is 14.5 Å². The van der Waals surface area contributed by atoms with Crippen LogP contribution in [0.3, 0.4) is 0 Å². The van der Waals surface area contributed by atoms with E-state index in [1.54, 1.807) is 36.4 Å². The SMILES string of the molecule is CCOc1ccc(N2C(=O)C[C@H](N3CCN(c4ccc(C(=O)c5ccc(F)cc5)cc4)CC3)C2=O)cc1. The third kappa shape index (κ3) is 5.11. The summed E-state index contributed by atoms with van der Waals surface area (Å²) in [4.78, 5) is 44.1. The zero-order valence-corrected chi connectivity index (χ0v) is 20.6. The fourth-order valence-electron chi connectivity index (χ4n) is 4.91. The van der Waals surface area contributed by atoms with Crippen molar-refractivity contribution in [3.63, 3.8) is 0 Å². The standard InChI is InChI=1S/C29H28FN3O4/c1-2-37-25-13-11-24(12-14-25)33-27(34)19-26(29(33)36)32-17-15-31(16-18-32)23-9-5-21(6-10-23)28(35)20-3-7-22(30)8-4-20/h3-14,26H,2,15-19H2,1H3/t26-/m0/s1. The van der Waals surface area contributed by atoms with Gasteiger partial charge in [0, 0.05) is 43.0 Å². The van der Waals surface area contributed by atoms with Crippen molar-refractivity contribution in [1.82, 2.24) is 4.90 Å². The summed E-state index contributed by atoms with van der Waals surface area (Å²) in [6, 6.07) is 19.5. The normalized spacial score (nSPS) is 18.4. The molecular formula is C29H28FN3O4. The molecular weight excluding hydrogens is 473 g/mol. The molecule has 5 rings (SSSR count). The Bertz CT molecular complexity index is 1280. The Balaban J connectivity index is 1.19. The second-order valence-electron chi connectivity index (χ2n) is 9.12. The molecule has 0 spiro atoms. The van der Waals surface area contributed by atoms with Gasteiger partial charge in [0.2, 0.25) is 5.91 Å². The maximum atomic E-state index is 13.2. The number of carbonyl (C=O) groups excluding carboxylic acids is 3. The van der Waals surface area contributed by atoms with Crippen LogP contribution in [-0.2, 0) is 9.59 Å². The molecule has 2 aliphatic rings. The number of carbonyl (C=O) groups is 3. The van der Waals surface area contributed by atoms with Gasteiger partial charge in [-0.2, -0.15) is 0 Å². The molecule has 37 heavy (non-hydrogen) atoms. The second kappa shape index (κ2) is 10.5. The summed E-state index contributed by atoms with van der Waals surface area (Å²) in [5.41, 5.74) is 2.53. The Hall–Kier alpha value is -4.04. The molecule has 3 aromatic rings. The fraction of sp³-hybridized carbons (Fsp3) is 0.276. The highest BCUT2D eigenvalue weighted by Crippen LogP contribution is 2.28. The minimum atomic E-state index is -0.461. The van der Waals surface area contributed by atoms with Crippen molar-refractivity contribution in [1.29, 1.82) is 0 Å². The maximum absolute atomic E-state index is 13.2. The molecule has 0 N–H and O–H groups in total. The summed E-state index contributed by atoms with van der Waals surface area (Å²) in [6.07, 6.45) is 0.173. The highest BCUT2D eigenvalue weighted by Gasteiger charge is 2.43. The van der Waals surface area contributed by atoms with Crippen molar-refractivity contribution in [2.75, 3.05) is 42.6 Å². The van der Waals surface area contributed by atoms with Gasteiger partial charge >= 0.3 is 0 Å². The Morgan fingerprint density at radius 1 is 0.838 bits per heavy atom. The number of piperazine rings is 1. The minimum absolute atomic E-state index is 0.155. The number of halogens is 1. The number of ether oxygens (including phenoxy) is 1. The van der Waals surface area contributed by atoms with Crippen molar-refractivity contribution < 1.29 is 23.5 Å². The third-order valence-electron chi connectivity index (χ3n) is 6.88. The van der Waals surface area contributed by atoms with Gasteiger partial charge in [0.1, 0.15) is 11.6 Å². The number of nitrogens with zero attached hydrogens (tertiary/aromatic N) is 3. The predicted octanol–water partition coefficient (Wildman–Crippen LogP) is 3.91. The fourth-order valence-corrected chi connectivity index (χ4v) is 4.91. The molecule has 0 aliphatic carbocycles. The van der Waals surface area contributed by atoms with Crippen molar-refractivity contribution >= 4 is 29.0 Å². The summed E-state index contributed by atoms with van der Waals surface area (Å²) in [6.45, 7) is 5.15. The molecule has 0 saturated carbocycles. The Labute approximate surface area is 215 Å². The van der Waals surface area contributed by atoms with Gasteiger partial charge in [-0.05, 0) is 79.7 Å². The first-order valence-corrected chi connectivity index (χ1v) is 12.4. The van der Waals surface area contributed by atoms with Crippen LogP contribution >= 0.6 is 0 Å². The molecule has 1 atom stereocenters. The number of hydrogen-bond acceptors (Lipinski definition) is 6. The first-order chi connectivity index (χ1) is 17.9. The van der Waals surface area contributed by atoms with E-state index in [9.17, 15) is 18.8 Å². The van der Waals surface area contributed by atoms with Crippen LogP contribution in [-0.4, -0.2) is 61.3 Å². The molecule has 0 unspecified atom stereocenters. The van der Waals surface area contributed by atoms with Crippen LogP contribution in [0.15, 0.2) is 72.8 Å². The summed E-state index contributed by atoms with van der Waals surface area (Å²) in [5.74, 6) is -0.211. The molecule has 7 nitrogen and oxygen atoms in total. The van der Waals surface area contributed by atoms with Crippen molar-refractivity contribution in [2.45, 2.75) is 19.4 Å². The zero-order chi connectivity index (χ0) is 25.9. The summed E-state index contributed by atoms with van der Waals surface area (Å²) in [5, 5.41) is 0. The van der Waals surface area contributed by atoms with E-state index in [0.717, 1.165) is 5.69 Å². The molecule has 8 heteroatoms. The average molecular weight is 502 g/mol. The average Bonchev–Trinajstić information content (AvgIpc) is 3.23. The van der Waals surface area contributed by atoms with E-state index in [0.29, 0.717) is 55.3 Å². The number of ketones is 1. The van der Waals surface area contributed by atoms with Crippen molar-refractivity contribution in [3.05, 3.63) is 89.7 Å². The lowest BCUT2D eigenvalue weighted by molar-refractivity contribution is -0.123. The quantitative estimate of drug-likeness (QED) is 0.361. The molecule has 190 valence electrons. The van der Waals surface area contributed by atoms with Crippen LogP contribution in [0.2, 0.25) is 0 Å². The third-order valence-corrected chi connectivity index (χ3v) is 6.88. The van der Waals surface area contributed by atoms with Gasteiger partial charge in [-0.25, -0.2) is 9.29 Å². The van der Waals surface area contributed by atoms with E-state index >= 15 is 0 Å². The number of imide groups is 1.